The maximum absolute atomic E-state index is 13.0. The van der Waals surface area contributed by atoms with Crippen molar-refractivity contribution >= 4 is 17.3 Å². The lowest BCUT2D eigenvalue weighted by Gasteiger charge is -2.29. The van der Waals surface area contributed by atoms with Gasteiger partial charge >= 0.3 is 5.95 Å². The van der Waals surface area contributed by atoms with Crippen molar-refractivity contribution < 1.29 is 9.72 Å². The topological polar surface area (TPSA) is 90.9 Å². The Morgan fingerprint density at radius 2 is 1.70 bits per heavy atom. The number of aromatic nitrogens is 3. The monoisotopic (exact) mass is 360 g/mol. The summed E-state index contributed by atoms with van der Waals surface area (Å²) in [5.74, 6) is -0.846. The normalized spacial score (nSPS) is 19.6. The number of hydrogen-bond donors (Lipinski definition) is 0. The Kier molecular flexibility index (Phi) is 4.33. The van der Waals surface area contributed by atoms with Crippen molar-refractivity contribution in [1.29, 1.82) is 0 Å². The second kappa shape index (κ2) is 6.95. The fraction of sp³-hybridized carbons (Fsp3) is 0.150. The number of hydrogen-bond acceptors (Lipinski definition) is 5. The highest BCUT2D eigenvalue weighted by atomic mass is 16.6. The maximum atomic E-state index is 13.0. The first-order chi connectivity index (χ1) is 13.1. The van der Waals surface area contributed by atoms with Gasteiger partial charge in [-0.05, 0) is 34.1 Å². The smallest absolute Gasteiger partial charge is 0.390 e. The summed E-state index contributed by atoms with van der Waals surface area (Å²) in [6.45, 7) is 0. The summed E-state index contributed by atoms with van der Waals surface area (Å²) in [4.78, 5) is 27.0. The lowest BCUT2D eigenvalue weighted by atomic mass is 9.77. The van der Waals surface area contributed by atoms with E-state index in [4.69, 9.17) is 0 Å². The molecule has 0 N–H and O–H groups in total. The number of carbonyl (C=O) groups excluding carboxylic acids is 1. The van der Waals surface area contributed by atoms with Gasteiger partial charge in [-0.2, -0.15) is 4.68 Å². The van der Waals surface area contributed by atoms with Gasteiger partial charge in [0.05, 0.1) is 0 Å². The van der Waals surface area contributed by atoms with E-state index in [0.29, 0.717) is 6.42 Å². The number of ketones is 1. The van der Waals surface area contributed by atoms with Crippen LogP contribution in [0.2, 0.25) is 0 Å². The molecule has 2 aromatic carbocycles. The van der Waals surface area contributed by atoms with Crippen LogP contribution < -0.4 is 0 Å². The molecule has 0 amide bonds. The van der Waals surface area contributed by atoms with E-state index < -0.39 is 16.9 Å². The van der Waals surface area contributed by atoms with Crippen molar-refractivity contribution in [3.63, 3.8) is 0 Å². The van der Waals surface area contributed by atoms with Crippen LogP contribution in [0.5, 0.6) is 0 Å². The molecule has 0 bridgehead atoms. The van der Waals surface area contributed by atoms with E-state index in [2.05, 4.69) is 10.1 Å². The summed E-state index contributed by atoms with van der Waals surface area (Å²) in [6.07, 6.45) is 3.50. The molecule has 27 heavy (non-hydrogen) atoms. The first kappa shape index (κ1) is 16.8. The van der Waals surface area contributed by atoms with E-state index in [9.17, 15) is 14.9 Å². The van der Waals surface area contributed by atoms with Crippen molar-refractivity contribution in [3.8, 4) is 0 Å². The molecule has 0 radical (unpaired) electrons. The largest absolute Gasteiger partial charge is 0.490 e. The standard InChI is InChI=1S/C20H16N4O3/c25-18-12-16(14-7-3-1-4-8-14)11-17(15-9-5-2-6-10-15)19(18)23-13-21-20(22-23)24(26)27/h1-10,12-13,17,19H,11H2/t17-,19-/m1/s1. The molecule has 0 unspecified atom stereocenters. The van der Waals surface area contributed by atoms with Crippen molar-refractivity contribution in [2.75, 3.05) is 0 Å². The van der Waals surface area contributed by atoms with Gasteiger partial charge in [0.25, 0.3) is 0 Å². The third kappa shape index (κ3) is 3.27. The van der Waals surface area contributed by atoms with Crippen LogP contribution in [0, 0.1) is 10.1 Å². The molecule has 3 aromatic rings. The highest BCUT2D eigenvalue weighted by Crippen LogP contribution is 2.41. The fourth-order valence-electron chi connectivity index (χ4n) is 3.51. The molecule has 1 aliphatic carbocycles. The minimum absolute atomic E-state index is 0.145. The Balaban J connectivity index is 1.79. The molecular formula is C20H16N4O3. The third-order valence-corrected chi connectivity index (χ3v) is 4.75. The Morgan fingerprint density at radius 3 is 2.33 bits per heavy atom. The van der Waals surface area contributed by atoms with Crippen LogP contribution in [0.4, 0.5) is 5.95 Å². The summed E-state index contributed by atoms with van der Waals surface area (Å²) in [7, 11) is 0. The average Bonchev–Trinajstić information content (AvgIpc) is 3.19. The first-order valence-electron chi connectivity index (χ1n) is 8.54. The Morgan fingerprint density at radius 1 is 1.04 bits per heavy atom. The predicted octanol–water partition coefficient (Wildman–Crippen LogP) is 3.57. The number of allylic oxidation sites excluding steroid dienone is 2. The minimum atomic E-state index is -0.666. The second-order valence-electron chi connectivity index (χ2n) is 6.39. The van der Waals surface area contributed by atoms with Gasteiger partial charge in [-0.15, -0.1) is 0 Å². The lowest BCUT2D eigenvalue weighted by Crippen LogP contribution is -2.29. The van der Waals surface area contributed by atoms with Gasteiger partial charge in [-0.25, -0.2) is 0 Å². The third-order valence-electron chi connectivity index (χ3n) is 4.75. The molecule has 0 fully saturated rings. The zero-order chi connectivity index (χ0) is 18.8. The Bertz CT molecular complexity index is 1010. The average molecular weight is 360 g/mol. The molecule has 0 spiro atoms. The van der Waals surface area contributed by atoms with Gasteiger partial charge in [-0.3, -0.25) is 4.79 Å². The van der Waals surface area contributed by atoms with Crippen LogP contribution >= 0.6 is 0 Å². The number of rotatable bonds is 4. The molecule has 2 atom stereocenters. The van der Waals surface area contributed by atoms with Gasteiger partial charge in [0, 0.05) is 11.0 Å². The predicted molar refractivity (Wildman–Crippen MR) is 98.9 cm³/mol. The van der Waals surface area contributed by atoms with E-state index in [1.807, 2.05) is 60.7 Å². The molecular weight excluding hydrogens is 344 g/mol. The molecule has 0 saturated carbocycles. The molecule has 0 aliphatic heterocycles. The molecule has 7 heteroatoms. The highest BCUT2D eigenvalue weighted by molar-refractivity contribution is 6.02. The molecule has 1 heterocycles. The summed E-state index contributed by atoms with van der Waals surface area (Å²) in [6, 6.07) is 18.8. The van der Waals surface area contributed by atoms with Crippen LogP contribution in [-0.2, 0) is 4.79 Å². The summed E-state index contributed by atoms with van der Waals surface area (Å²) in [5.41, 5.74) is 2.92. The van der Waals surface area contributed by atoms with E-state index in [-0.39, 0.29) is 11.7 Å². The number of nitrogens with zero attached hydrogens (tertiary/aromatic N) is 4. The SMILES string of the molecule is O=C1C=C(c2ccccc2)C[C@H](c2ccccc2)[C@H]1n1cnc([N+](=O)[O-])n1. The Hall–Kier alpha value is -3.61. The quantitative estimate of drug-likeness (QED) is 0.524. The van der Waals surface area contributed by atoms with Gasteiger partial charge in [-0.1, -0.05) is 65.6 Å². The summed E-state index contributed by atoms with van der Waals surface area (Å²) in [5, 5.41) is 14.9. The van der Waals surface area contributed by atoms with E-state index in [0.717, 1.165) is 16.7 Å². The molecule has 1 aliphatic rings. The first-order valence-corrected chi connectivity index (χ1v) is 8.54. The highest BCUT2D eigenvalue weighted by Gasteiger charge is 2.38. The van der Waals surface area contributed by atoms with E-state index in [1.54, 1.807) is 6.08 Å². The number of benzene rings is 2. The summed E-state index contributed by atoms with van der Waals surface area (Å²) >= 11 is 0. The minimum Gasteiger partial charge on any atom is -0.390 e. The number of carbonyl (C=O) groups is 1. The molecule has 1 aromatic heterocycles. The summed E-state index contributed by atoms with van der Waals surface area (Å²) < 4.78 is 1.32. The van der Waals surface area contributed by atoms with Crippen LogP contribution in [0.25, 0.3) is 5.57 Å². The Labute approximate surface area is 155 Å². The van der Waals surface area contributed by atoms with Gasteiger partial charge < -0.3 is 10.1 Å². The van der Waals surface area contributed by atoms with Crippen LogP contribution in [-0.4, -0.2) is 25.5 Å². The van der Waals surface area contributed by atoms with E-state index in [1.165, 1.54) is 11.0 Å². The fourth-order valence-corrected chi connectivity index (χ4v) is 3.51. The molecule has 7 nitrogen and oxygen atoms in total. The number of nitro groups is 1. The van der Waals surface area contributed by atoms with Gasteiger partial charge in [0.1, 0.15) is 6.04 Å². The zero-order valence-electron chi connectivity index (χ0n) is 14.3. The van der Waals surface area contributed by atoms with Crippen molar-refractivity contribution in [1.82, 2.24) is 14.8 Å². The van der Waals surface area contributed by atoms with Crippen LogP contribution in [0.1, 0.15) is 29.5 Å². The van der Waals surface area contributed by atoms with Crippen LogP contribution in [0.3, 0.4) is 0 Å². The second-order valence-corrected chi connectivity index (χ2v) is 6.39. The van der Waals surface area contributed by atoms with Crippen molar-refractivity contribution in [2.45, 2.75) is 18.4 Å². The van der Waals surface area contributed by atoms with E-state index >= 15 is 0 Å². The zero-order valence-corrected chi connectivity index (χ0v) is 14.3. The molecule has 4 rings (SSSR count). The van der Waals surface area contributed by atoms with Gasteiger partial charge in [0.2, 0.25) is 6.33 Å². The van der Waals surface area contributed by atoms with Crippen LogP contribution in [0.15, 0.2) is 73.1 Å². The van der Waals surface area contributed by atoms with Crippen molar-refractivity contribution in [2.24, 2.45) is 0 Å². The van der Waals surface area contributed by atoms with Gasteiger partial charge in [0.15, 0.2) is 5.78 Å². The van der Waals surface area contributed by atoms with Crippen molar-refractivity contribution in [3.05, 3.63) is 94.3 Å². The molecule has 0 saturated heterocycles. The lowest BCUT2D eigenvalue weighted by molar-refractivity contribution is -0.394. The maximum Gasteiger partial charge on any atom is 0.490 e. The molecule has 134 valence electrons.